The minimum Gasteiger partial charge on any atom is -0.340 e. The second kappa shape index (κ2) is 10.5. The molecular weight excluding hydrogens is 190 g/mol. The highest BCUT2D eigenvalue weighted by molar-refractivity contribution is 5.78. The van der Waals surface area contributed by atoms with Gasteiger partial charge < -0.3 is 5.32 Å². The zero-order valence-electron chi connectivity index (χ0n) is 10.2. The second-order valence-corrected chi connectivity index (χ2v) is 1.91. The van der Waals surface area contributed by atoms with E-state index in [1.54, 1.807) is 19.4 Å². The molecule has 0 atom stereocenters. The maximum absolute atomic E-state index is 11.0. The molecule has 15 heavy (non-hydrogen) atoms. The third-order valence-corrected chi connectivity index (χ3v) is 1.28. The molecule has 0 saturated heterocycles. The number of amides is 1. The number of carbonyl (C=O) groups excluding carboxylic acids is 1. The summed E-state index contributed by atoms with van der Waals surface area (Å²) in [5.41, 5.74) is 0. The Bertz CT molecular complexity index is 279. The van der Waals surface area contributed by atoms with Crippen LogP contribution in [0.5, 0.6) is 0 Å². The molecule has 1 heterocycles. The SMILES string of the molecule is C=Cc1nccn1C(=O)NC.CC.CC. The quantitative estimate of drug-likeness (QED) is 0.776. The first kappa shape index (κ1) is 15.9. The van der Waals surface area contributed by atoms with Gasteiger partial charge in [-0.3, -0.25) is 4.57 Å². The number of hydrogen-bond donors (Lipinski definition) is 1. The zero-order chi connectivity index (χ0) is 12.3. The Morgan fingerprint density at radius 3 is 2.40 bits per heavy atom. The van der Waals surface area contributed by atoms with Crippen molar-refractivity contribution < 1.29 is 4.79 Å². The first-order valence-electron chi connectivity index (χ1n) is 5.17. The molecule has 86 valence electrons. The van der Waals surface area contributed by atoms with Gasteiger partial charge in [0.25, 0.3) is 0 Å². The van der Waals surface area contributed by atoms with Crippen LogP contribution in [0.25, 0.3) is 6.08 Å². The van der Waals surface area contributed by atoms with Gasteiger partial charge in [0, 0.05) is 19.4 Å². The van der Waals surface area contributed by atoms with E-state index in [0.29, 0.717) is 5.82 Å². The van der Waals surface area contributed by atoms with Crippen LogP contribution in [-0.4, -0.2) is 22.6 Å². The van der Waals surface area contributed by atoms with Gasteiger partial charge in [-0.2, -0.15) is 0 Å². The zero-order valence-corrected chi connectivity index (χ0v) is 10.2. The molecular formula is C11H21N3O. The summed E-state index contributed by atoms with van der Waals surface area (Å²) in [7, 11) is 1.56. The molecule has 0 fully saturated rings. The normalized spacial score (nSPS) is 7.53. The monoisotopic (exact) mass is 211 g/mol. The molecule has 0 aromatic carbocycles. The topological polar surface area (TPSA) is 46.9 Å². The van der Waals surface area contributed by atoms with Crippen LogP contribution in [0.1, 0.15) is 33.5 Å². The molecule has 0 saturated carbocycles. The summed E-state index contributed by atoms with van der Waals surface area (Å²) in [6.07, 6.45) is 4.65. The molecule has 4 nitrogen and oxygen atoms in total. The minimum atomic E-state index is -0.211. The fourth-order valence-electron chi connectivity index (χ4n) is 0.758. The predicted octanol–water partition coefficient (Wildman–Crippen LogP) is 2.77. The van der Waals surface area contributed by atoms with Crippen LogP contribution in [0, 0.1) is 0 Å². The largest absolute Gasteiger partial charge is 0.340 e. The fraction of sp³-hybridized carbons (Fsp3) is 0.455. The van der Waals surface area contributed by atoms with Gasteiger partial charge in [-0.1, -0.05) is 34.3 Å². The molecule has 0 unspecified atom stereocenters. The van der Waals surface area contributed by atoms with E-state index < -0.39 is 0 Å². The van der Waals surface area contributed by atoms with Crippen LogP contribution in [0.2, 0.25) is 0 Å². The molecule has 1 N–H and O–H groups in total. The van der Waals surface area contributed by atoms with Crippen LogP contribution < -0.4 is 5.32 Å². The summed E-state index contributed by atoms with van der Waals surface area (Å²) in [5, 5.41) is 2.48. The first-order valence-corrected chi connectivity index (χ1v) is 5.17. The van der Waals surface area contributed by atoms with Crippen molar-refractivity contribution in [3.05, 3.63) is 24.8 Å². The predicted molar refractivity (Wildman–Crippen MR) is 64.9 cm³/mol. The summed E-state index contributed by atoms with van der Waals surface area (Å²) in [6.45, 7) is 11.5. The molecule has 0 radical (unpaired) electrons. The Morgan fingerprint density at radius 1 is 1.47 bits per heavy atom. The maximum Gasteiger partial charge on any atom is 0.327 e. The lowest BCUT2D eigenvalue weighted by molar-refractivity contribution is 0.244. The molecule has 0 aliphatic heterocycles. The van der Waals surface area contributed by atoms with Crippen LogP contribution >= 0.6 is 0 Å². The van der Waals surface area contributed by atoms with Crippen LogP contribution in [0.3, 0.4) is 0 Å². The molecule has 0 spiro atoms. The van der Waals surface area contributed by atoms with E-state index >= 15 is 0 Å². The third kappa shape index (κ3) is 5.00. The van der Waals surface area contributed by atoms with Crippen molar-refractivity contribution in [2.24, 2.45) is 0 Å². The highest BCUT2D eigenvalue weighted by atomic mass is 16.2. The molecule has 0 aliphatic carbocycles. The third-order valence-electron chi connectivity index (χ3n) is 1.28. The Labute approximate surface area is 92.0 Å². The van der Waals surface area contributed by atoms with Crippen molar-refractivity contribution in [2.75, 3.05) is 7.05 Å². The van der Waals surface area contributed by atoms with Crippen molar-refractivity contribution in [3.8, 4) is 0 Å². The summed E-state index contributed by atoms with van der Waals surface area (Å²) in [6, 6.07) is -0.211. The number of rotatable bonds is 1. The van der Waals surface area contributed by atoms with Gasteiger partial charge in [0.1, 0.15) is 5.82 Å². The van der Waals surface area contributed by atoms with Gasteiger partial charge in [-0.25, -0.2) is 9.78 Å². The Morgan fingerprint density at radius 2 is 2.00 bits per heavy atom. The molecule has 1 amide bonds. The smallest absolute Gasteiger partial charge is 0.327 e. The number of aromatic nitrogens is 2. The van der Waals surface area contributed by atoms with Gasteiger partial charge in [-0.15, -0.1) is 0 Å². The van der Waals surface area contributed by atoms with Crippen molar-refractivity contribution in [1.29, 1.82) is 0 Å². The summed E-state index contributed by atoms with van der Waals surface area (Å²) < 4.78 is 1.38. The number of nitrogens with one attached hydrogen (secondary N) is 1. The molecule has 4 heteroatoms. The van der Waals surface area contributed by atoms with Gasteiger partial charge in [0.2, 0.25) is 0 Å². The highest BCUT2D eigenvalue weighted by Crippen LogP contribution is 1.97. The Balaban J connectivity index is 0. The van der Waals surface area contributed by atoms with E-state index in [1.165, 1.54) is 10.6 Å². The van der Waals surface area contributed by atoms with Gasteiger partial charge in [-0.05, 0) is 6.08 Å². The molecule has 1 aromatic rings. The average molecular weight is 211 g/mol. The first-order chi connectivity index (χ1) is 7.29. The minimum absolute atomic E-state index is 0.211. The highest BCUT2D eigenvalue weighted by Gasteiger charge is 2.03. The van der Waals surface area contributed by atoms with Crippen LogP contribution in [0.4, 0.5) is 4.79 Å². The van der Waals surface area contributed by atoms with Crippen molar-refractivity contribution >= 4 is 12.1 Å². The lowest BCUT2D eigenvalue weighted by Gasteiger charge is -2.00. The average Bonchev–Trinajstić information content (AvgIpc) is 2.81. The lowest BCUT2D eigenvalue weighted by atomic mass is 10.6. The summed E-state index contributed by atoms with van der Waals surface area (Å²) >= 11 is 0. The summed E-state index contributed by atoms with van der Waals surface area (Å²) in [4.78, 5) is 14.9. The standard InChI is InChI=1S/C7H9N3O.2C2H6/c1-3-6-9-4-5-10(6)7(11)8-2;2*1-2/h3-5H,1H2,2H3,(H,8,11);2*1-2H3. The fourth-order valence-corrected chi connectivity index (χ4v) is 0.758. The Hall–Kier alpha value is -1.58. The van der Waals surface area contributed by atoms with Gasteiger partial charge >= 0.3 is 6.03 Å². The number of nitrogens with zero attached hydrogens (tertiary/aromatic N) is 2. The number of hydrogen-bond acceptors (Lipinski definition) is 2. The number of imidazole rings is 1. The molecule has 0 bridgehead atoms. The summed E-state index contributed by atoms with van der Waals surface area (Å²) in [5.74, 6) is 0.546. The number of carbonyl (C=O) groups is 1. The van der Waals surface area contributed by atoms with E-state index in [2.05, 4.69) is 16.9 Å². The van der Waals surface area contributed by atoms with Crippen molar-refractivity contribution in [3.63, 3.8) is 0 Å². The van der Waals surface area contributed by atoms with E-state index in [-0.39, 0.29) is 6.03 Å². The van der Waals surface area contributed by atoms with Crippen LogP contribution in [0.15, 0.2) is 19.0 Å². The van der Waals surface area contributed by atoms with E-state index in [4.69, 9.17) is 0 Å². The molecule has 1 rings (SSSR count). The van der Waals surface area contributed by atoms with E-state index in [0.717, 1.165) is 0 Å². The van der Waals surface area contributed by atoms with Gasteiger partial charge in [0.15, 0.2) is 0 Å². The molecule has 1 aromatic heterocycles. The van der Waals surface area contributed by atoms with Crippen molar-refractivity contribution in [2.45, 2.75) is 27.7 Å². The second-order valence-electron chi connectivity index (χ2n) is 1.91. The lowest BCUT2D eigenvalue weighted by Crippen LogP contribution is -2.24. The van der Waals surface area contributed by atoms with E-state index in [9.17, 15) is 4.79 Å². The van der Waals surface area contributed by atoms with Gasteiger partial charge in [0.05, 0.1) is 0 Å². The Kier molecular flexibility index (Phi) is 11.1. The van der Waals surface area contributed by atoms with Crippen LogP contribution in [-0.2, 0) is 0 Å². The maximum atomic E-state index is 11.0. The van der Waals surface area contributed by atoms with Crippen molar-refractivity contribution in [1.82, 2.24) is 14.9 Å². The van der Waals surface area contributed by atoms with E-state index in [1.807, 2.05) is 27.7 Å². The molecule has 0 aliphatic rings.